The van der Waals surface area contributed by atoms with E-state index in [2.05, 4.69) is 45.7 Å². The van der Waals surface area contributed by atoms with Gasteiger partial charge in [-0.05, 0) is 54.7 Å². The first kappa shape index (κ1) is 15.1. The quantitative estimate of drug-likeness (QED) is 0.587. The van der Waals surface area contributed by atoms with Crippen LogP contribution in [0.15, 0.2) is 60.9 Å². The van der Waals surface area contributed by atoms with Crippen molar-refractivity contribution in [2.24, 2.45) is 7.05 Å². The van der Waals surface area contributed by atoms with E-state index >= 15 is 0 Å². The SMILES string of the molecule is Cn1ncc2ccc(-c3cc(C4CC4)cc(Nc4ccccn4)n3)cc21. The molecule has 1 aromatic carbocycles. The first-order valence-electron chi connectivity index (χ1n) is 8.88. The van der Waals surface area contributed by atoms with Gasteiger partial charge >= 0.3 is 0 Å². The Hall–Kier alpha value is -3.21. The summed E-state index contributed by atoms with van der Waals surface area (Å²) in [5.74, 6) is 2.30. The summed E-state index contributed by atoms with van der Waals surface area (Å²) in [5, 5.41) is 8.82. The Morgan fingerprint density at radius 3 is 2.77 bits per heavy atom. The third-order valence-electron chi connectivity index (χ3n) is 4.86. The molecule has 1 fully saturated rings. The van der Waals surface area contributed by atoms with Crippen LogP contribution in [-0.4, -0.2) is 19.7 Å². The lowest BCUT2D eigenvalue weighted by molar-refractivity contribution is 0.797. The highest BCUT2D eigenvalue weighted by molar-refractivity contribution is 5.84. The van der Waals surface area contributed by atoms with Crippen LogP contribution in [0.25, 0.3) is 22.2 Å². The lowest BCUT2D eigenvalue weighted by Crippen LogP contribution is -1.99. The molecule has 1 aliphatic carbocycles. The minimum absolute atomic E-state index is 0.654. The number of nitrogens with zero attached hydrogens (tertiary/aromatic N) is 4. The van der Waals surface area contributed by atoms with Gasteiger partial charge in [0.2, 0.25) is 0 Å². The molecule has 3 heterocycles. The molecule has 0 radical (unpaired) electrons. The maximum Gasteiger partial charge on any atom is 0.132 e. The molecule has 1 aliphatic rings. The lowest BCUT2D eigenvalue weighted by atomic mass is 10.1. The molecule has 4 aromatic rings. The fraction of sp³-hybridized carbons (Fsp3) is 0.190. The van der Waals surface area contributed by atoms with Crippen molar-refractivity contribution in [1.82, 2.24) is 19.7 Å². The molecule has 0 bridgehead atoms. The minimum Gasteiger partial charge on any atom is -0.325 e. The molecule has 26 heavy (non-hydrogen) atoms. The summed E-state index contributed by atoms with van der Waals surface area (Å²) in [5.41, 5.74) is 4.54. The third kappa shape index (κ3) is 2.81. The molecule has 1 N–H and O–H groups in total. The highest BCUT2D eigenvalue weighted by atomic mass is 15.2. The average molecular weight is 341 g/mol. The normalized spacial score (nSPS) is 13.9. The topological polar surface area (TPSA) is 55.6 Å². The highest BCUT2D eigenvalue weighted by Gasteiger charge is 2.25. The van der Waals surface area contributed by atoms with Crippen LogP contribution in [0.1, 0.15) is 24.3 Å². The maximum atomic E-state index is 4.85. The van der Waals surface area contributed by atoms with Gasteiger partial charge in [0.15, 0.2) is 0 Å². The van der Waals surface area contributed by atoms with E-state index in [0.29, 0.717) is 5.92 Å². The molecule has 5 nitrogen and oxygen atoms in total. The number of benzene rings is 1. The third-order valence-corrected chi connectivity index (χ3v) is 4.86. The zero-order chi connectivity index (χ0) is 17.5. The predicted octanol–water partition coefficient (Wildman–Crippen LogP) is 4.65. The predicted molar refractivity (Wildman–Crippen MR) is 103 cm³/mol. The molecule has 0 amide bonds. The van der Waals surface area contributed by atoms with E-state index in [4.69, 9.17) is 4.98 Å². The Morgan fingerprint density at radius 2 is 1.96 bits per heavy atom. The van der Waals surface area contributed by atoms with Crippen molar-refractivity contribution in [3.05, 3.63) is 66.5 Å². The summed E-state index contributed by atoms with van der Waals surface area (Å²) in [7, 11) is 1.97. The minimum atomic E-state index is 0.654. The van der Waals surface area contributed by atoms with Gasteiger partial charge in [-0.3, -0.25) is 4.68 Å². The van der Waals surface area contributed by atoms with Crippen molar-refractivity contribution in [2.45, 2.75) is 18.8 Å². The number of hydrogen-bond donors (Lipinski definition) is 1. The van der Waals surface area contributed by atoms with E-state index in [1.54, 1.807) is 6.20 Å². The van der Waals surface area contributed by atoms with Crippen LogP contribution in [0, 0.1) is 0 Å². The summed E-state index contributed by atoms with van der Waals surface area (Å²) in [6.45, 7) is 0. The average Bonchev–Trinajstić information content (AvgIpc) is 3.46. The van der Waals surface area contributed by atoms with E-state index in [1.807, 2.05) is 36.1 Å². The fourth-order valence-corrected chi connectivity index (χ4v) is 3.29. The van der Waals surface area contributed by atoms with Gasteiger partial charge < -0.3 is 5.32 Å². The number of fused-ring (bicyclic) bond motifs is 1. The monoisotopic (exact) mass is 341 g/mol. The van der Waals surface area contributed by atoms with Gasteiger partial charge in [0.05, 0.1) is 17.4 Å². The molecule has 0 saturated heterocycles. The second-order valence-corrected chi connectivity index (χ2v) is 6.83. The Bertz CT molecular complexity index is 1080. The molecule has 3 aromatic heterocycles. The van der Waals surface area contributed by atoms with E-state index < -0.39 is 0 Å². The van der Waals surface area contributed by atoms with Gasteiger partial charge in [-0.2, -0.15) is 5.10 Å². The smallest absolute Gasteiger partial charge is 0.132 e. The first-order chi connectivity index (χ1) is 12.8. The highest BCUT2D eigenvalue weighted by Crippen LogP contribution is 2.42. The summed E-state index contributed by atoms with van der Waals surface area (Å²) in [4.78, 5) is 9.20. The Labute approximate surface area is 151 Å². The van der Waals surface area contributed by atoms with Crippen LogP contribution >= 0.6 is 0 Å². The van der Waals surface area contributed by atoms with Crippen LogP contribution in [0.4, 0.5) is 11.6 Å². The lowest BCUT2D eigenvalue weighted by Gasteiger charge is -2.11. The van der Waals surface area contributed by atoms with Crippen molar-refractivity contribution >= 4 is 22.5 Å². The van der Waals surface area contributed by atoms with Gasteiger partial charge in [0.1, 0.15) is 11.6 Å². The van der Waals surface area contributed by atoms with Crippen molar-refractivity contribution in [2.75, 3.05) is 5.32 Å². The molecule has 0 aliphatic heterocycles. The summed E-state index contributed by atoms with van der Waals surface area (Å²) in [6, 6.07) is 16.6. The zero-order valence-corrected chi connectivity index (χ0v) is 14.6. The molecular weight excluding hydrogens is 322 g/mol. The van der Waals surface area contributed by atoms with E-state index in [-0.39, 0.29) is 0 Å². The van der Waals surface area contributed by atoms with Gasteiger partial charge in [-0.15, -0.1) is 0 Å². The molecule has 0 atom stereocenters. The van der Waals surface area contributed by atoms with E-state index in [9.17, 15) is 0 Å². The van der Waals surface area contributed by atoms with Gasteiger partial charge in [-0.1, -0.05) is 18.2 Å². The summed E-state index contributed by atoms with van der Waals surface area (Å²) in [6.07, 6.45) is 6.19. The van der Waals surface area contributed by atoms with Crippen molar-refractivity contribution in [3.63, 3.8) is 0 Å². The van der Waals surface area contributed by atoms with Crippen LogP contribution < -0.4 is 5.32 Å². The number of aromatic nitrogens is 4. The van der Waals surface area contributed by atoms with Crippen LogP contribution in [0.3, 0.4) is 0 Å². The number of aryl methyl sites for hydroxylation is 1. The second kappa shape index (κ2) is 5.95. The van der Waals surface area contributed by atoms with Gasteiger partial charge in [0, 0.05) is 24.2 Å². The van der Waals surface area contributed by atoms with Crippen molar-refractivity contribution < 1.29 is 0 Å². The standard InChI is InChI=1S/C21H19N5/c1-26-19-11-15(7-8-16(19)13-23-26)18-10-17(14-5-6-14)12-21(24-18)25-20-4-2-3-9-22-20/h2-4,7-14H,5-6H2,1H3,(H,22,24,25). The Morgan fingerprint density at radius 1 is 1.04 bits per heavy atom. The molecule has 5 heteroatoms. The molecule has 0 unspecified atom stereocenters. The molecular formula is C21H19N5. The summed E-state index contributed by atoms with van der Waals surface area (Å²) < 4.78 is 1.90. The van der Waals surface area contributed by atoms with Crippen LogP contribution in [0.5, 0.6) is 0 Å². The summed E-state index contributed by atoms with van der Waals surface area (Å²) >= 11 is 0. The zero-order valence-electron chi connectivity index (χ0n) is 14.6. The number of pyridine rings is 2. The Balaban J connectivity index is 1.59. The molecule has 5 rings (SSSR count). The second-order valence-electron chi connectivity index (χ2n) is 6.83. The molecule has 1 saturated carbocycles. The van der Waals surface area contributed by atoms with E-state index in [1.165, 1.54) is 18.4 Å². The number of rotatable bonds is 4. The maximum absolute atomic E-state index is 4.85. The Kier molecular flexibility index (Phi) is 3.45. The fourth-order valence-electron chi connectivity index (χ4n) is 3.29. The van der Waals surface area contributed by atoms with E-state index in [0.717, 1.165) is 33.8 Å². The molecule has 128 valence electrons. The number of anilines is 2. The first-order valence-corrected chi connectivity index (χ1v) is 8.88. The van der Waals surface area contributed by atoms with Crippen LogP contribution in [-0.2, 0) is 7.05 Å². The largest absolute Gasteiger partial charge is 0.325 e. The van der Waals surface area contributed by atoms with Crippen LogP contribution in [0.2, 0.25) is 0 Å². The van der Waals surface area contributed by atoms with Crippen molar-refractivity contribution in [3.8, 4) is 11.3 Å². The van der Waals surface area contributed by atoms with Crippen molar-refractivity contribution in [1.29, 1.82) is 0 Å². The number of nitrogens with one attached hydrogen (secondary N) is 1. The van der Waals surface area contributed by atoms with Gasteiger partial charge in [0.25, 0.3) is 0 Å². The number of hydrogen-bond acceptors (Lipinski definition) is 4. The van der Waals surface area contributed by atoms with Gasteiger partial charge in [-0.25, -0.2) is 9.97 Å². The molecule has 0 spiro atoms.